The van der Waals surface area contributed by atoms with Gasteiger partial charge in [0.25, 0.3) is 0 Å². The van der Waals surface area contributed by atoms with E-state index in [2.05, 4.69) is 0 Å². The molecule has 3 rings (SSSR count). The van der Waals surface area contributed by atoms with Gasteiger partial charge in [-0.05, 0) is 55.7 Å². The lowest BCUT2D eigenvalue weighted by atomic mass is 9.93. The average Bonchev–Trinajstić information content (AvgIpc) is 2.75. The van der Waals surface area contributed by atoms with Gasteiger partial charge in [0.05, 0.1) is 25.4 Å². The van der Waals surface area contributed by atoms with Gasteiger partial charge < -0.3 is 25.4 Å². The molecule has 1 heterocycles. The lowest BCUT2D eigenvalue weighted by Gasteiger charge is -2.24. The summed E-state index contributed by atoms with van der Waals surface area (Å²) >= 11 is 1.55. The summed E-state index contributed by atoms with van der Waals surface area (Å²) in [6.45, 7) is 3.02. The zero-order valence-corrected chi connectivity index (χ0v) is 17.3. The normalized spacial score (nSPS) is 12.0. The van der Waals surface area contributed by atoms with Crippen molar-refractivity contribution in [1.82, 2.24) is 0 Å². The van der Waals surface area contributed by atoms with Crippen LogP contribution in [0.5, 0.6) is 5.75 Å². The molecule has 0 aliphatic carbocycles. The molecule has 0 fully saturated rings. The zero-order chi connectivity index (χ0) is 20.9. The van der Waals surface area contributed by atoms with Gasteiger partial charge in [0.1, 0.15) is 12.4 Å². The van der Waals surface area contributed by atoms with E-state index >= 15 is 0 Å². The first-order chi connectivity index (χ1) is 14.0. The van der Waals surface area contributed by atoms with Gasteiger partial charge in [-0.15, -0.1) is 11.3 Å². The minimum Gasteiger partial charge on any atom is -0.491 e. The number of aliphatic hydroxyl groups excluding tert-OH is 2. The maximum absolute atomic E-state index is 13.0. The summed E-state index contributed by atoms with van der Waals surface area (Å²) < 4.78 is 12.8. The summed E-state index contributed by atoms with van der Waals surface area (Å²) in [7, 11) is 0. The van der Waals surface area contributed by atoms with Crippen LogP contribution < -0.4 is 15.9 Å². The van der Waals surface area contributed by atoms with Gasteiger partial charge in [-0.25, -0.2) is 0 Å². The Balaban J connectivity index is 1.86. The molecule has 0 radical (unpaired) electrons. The molecule has 0 aliphatic rings. The molecule has 0 atom stereocenters. The third-order valence-electron chi connectivity index (χ3n) is 4.95. The quantitative estimate of drug-likeness (QED) is 0.346. The lowest BCUT2D eigenvalue weighted by molar-refractivity contribution is 0.110. The van der Waals surface area contributed by atoms with Gasteiger partial charge in [-0.3, -0.25) is 4.79 Å². The second-order valence-corrected chi connectivity index (χ2v) is 8.23. The maximum atomic E-state index is 13.0. The van der Waals surface area contributed by atoms with Crippen LogP contribution in [0.3, 0.4) is 0 Å². The smallest absolute Gasteiger partial charge is 0.195 e. The van der Waals surface area contributed by atoms with E-state index in [-0.39, 0.29) is 18.6 Å². The molecule has 0 aliphatic heterocycles. The van der Waals surface area contributed by atoms with E-state index < -0.39 is 5.54 Å². The van der Waals surface area contributed by atoms with E-state index in [4.69, 9.17) is 15.2 Å². The van der Waals surface area contributed by atoms with Crippen LogP contribution in [0, 0.1) is 0 Å². The minimum atomic E-state index is -1.01. The van der Waals surface area contributed by atoms with Crippen molar-refractivity contribution in [3.63, 3.8) is 0 Å². The molecule has 0 bridgehead atoms. The number of benzene rings is 2. The van der Waals surface area contributed by atoms with Gasteiger partial charge in [0.2, 0.25) is 0 Å². The average molecular weight is 418 g/mol. The van der Waals surface area contributed by atoms with Crippen LogP contribution in [-0.2, 0) is 11.2 Å². The number of nitrogens with two attached hydrogens (primary N) is 1. The second-order valence-electron chi connectivity index (χ2n) is 7.14. The fourth-order valence-electron chi connectivity index (χ4n) is 3.09. The van der Waals surface area contributed by atoms with Gasteiger partial charge in [0.15, 0.2) is 5.43 Å². The molecule has 7 heteroatoms. The van der Waals surface area contributed by atoms with Crippen molar-refractivity contribution >= 4 is 31.5 Å². The number of aliphatic hydroxyl groups is 2. The molecule has 6 nitrogen and oxygen atoms in total. The largest absolute Gasteiger partial charge is 0.491 e. The third kappa shape index (κ3) is 5.12. The second kappa shape index (κ2) is 9.65. The zero-order valence-electron chi connectivity index (χ0n) is 16.5. The Kier molecular flexibility index (Phi) is 7.21. The number of ether oxygens (including phenoxy) is 2. The number of hydrogen-bond donors (Lipinski definition) is 3. The van der Waals surface area contributed by atoms with E-state index in [1.54, 1.807) is 17.4 Å². The van der Waals surface area contributed by atoms with Gasteiger partial charge >= 0.3 is 0 Å². The predicted molar refractivity (Wildman–Crippen MR) is 117 cm³/mol. The Morgan fingerprint density at radius 2 is 1.83 bits per heavy atom. The van der Waals surface area contributed by atoms with Crippen LogP contribution >= 0.6 is 11.3 Å². The van der Waals surface area contributed by atoms with Crippen molar-refractivity contribution < 1.29 is 19.7 Å². The molecule has 0 amide bonds. The predicted octanol–water partition coefficient (Wildman–Crippen LogP) is 2.44. The highest BCUT2D eigenvalue weighted by molar-refractivity contribution is 7.24. The van der Waals surface area contributed by atoms with E-state index in [0.717, 1.165) is 20.7 Å². The first kappa shape index (κ1) is 21.7. The molecule has 29 heavy (non-hydrogen) atoms. The molecule has 0 unspecified atom stereocenters. The Morgan fingerprint density at radius 3 is 2.55 bits per heavy atom. The maximum Gasteiger partial charge on any atom is 0.195 e. The summed E-state index contributed by atoms with van der Waals surface area (Å²) in [5, 5.41) is 20.0. The summed E-state index contributed by atoms with van der Waals surface area (Å²) in [6.07, 6.45) is 1.00. The fraction of sp³-hybridized carbons (Fsp3) is 0.409. The first-order valence-electron chi connectivity index (χ1n) is 9.70. The minimum absolute atomic E-state index is 0.0141. The van der Waals surface area contributed by atoms with Crippen molar-refractivity contribution in [3.8, 4) is 5.75 Å². The van der Waals surface area contributed by atoms with Crippen LogP contribution in [-0.4, -0.2) is 48.8 Å². The summed E-state index contributed by atoms with van der Waals surface area (Å²) in [5.74, 6) is 0.719. The molecular weight excluding hydrogens is 390 g/mol. The van der Waals surface area contributed by atoms with E-state index in [1.165, 1.54) is 0 Å². The van der Waals surface area contributed by atoms with Crippen molar-refractivity contribution in [2.45, 2.75) is 25.3 Å². The molecule has 1 aromatic heterocycles. The van der Waals surface area contributed by atoms with Crippen LogP contribution in [0.4, 0.5) is 0 Å². The summed E-state index contributed by atoms with van der Waals surface area (Å²) in [6, 6.07) is 11.3. The molecule has 3 aromatic rings. The van der Waals surface area contributed by atoms with E-state index in [0.29, 0.717) is 43.4 Å². The molecular formula is C22H27NO5S. The topological polar surface area (TPSA) is 102 Å². The van der Waals surface area contributed by atoms with E-state index in [1.807, 2.05) is 37.3 Å². The fourth-order valence-corrected chi connectivity index (χ4v) is 4.17. The van der Waals surface area contributed by atoms with Crippen LogP contribution in [0.25, 0.3) is 20.2 Å². The molecule has 0 spiro atoms. The van der Waals surface area contributed by atoms with Gasteiger partial charge in [-0.1, -0.05) is 6.07 Å². The van der Waals surface area contributed by atoms with E-state index in [9.17, 15) is 15.0 Å². The highest BCUT2D eigenvalue weighted by Crippen LogP contribution is 2.28. The van der Waals surface area contributed by atoms with Crippen LogP contribution in [0.1, 0.15) is 18.9 Å². The highest BCUT2D eigenvalue weighted by Gasteiger charge is 2.22. The number of aryl methyl sites for hydroxylation is 1. The Bertz CT molecular complexity index is 1030. The number of hydrogen-bond acceptors (Lipinski definition) is 7. The standard InChI is InChI=1S/C22H27NO5S/c1-2-27-9-10-28-16-4-5-17-20(12-16)29-19-6-3-15(11-18(19)21(17)26)7-8-22(23,13-24)14-25/h3-6,11-12,24-25H,2,7-10,13-14,23H2,1H3. The van der Waals surface area contributed by atoms with Crippen molar-refractivity contribution in [1.29, 1.82) is 0 Å². The number of rotatable bonds is 10. The van der Waals surface area contributed by atoms with Crippen LogP contribution in [0.2, 0.25) is 0 Å². The van der Waals surface area contributed by atoms with Crippen molar-refractivity contribution in [3.05, 3.63) is 52.2 Å². The molecule has 2 aromatic carbocycles. The molecule has 156 valence electrons. The van der Waals surface area contributed by atoms with Gasteiger partial charge in [0, 0.05) is 26.8 Å². The molecule has 0 saturated heterocycles. The Morgan fingerprint density at radius 1 is 1.03 bits per heavy atom. The molecule has 0 saturated carbocycles. The Labute approximate surface area is 173 Å². The highest BCUT2D eigenvalue weighted by atomic mass is 32.1. The monoisotopic (exact) mass is 417 g/mol. The van der Waals surface area contributed by atoms with Crippen molar-refractivity contribution in [2.24, 2.45) is 5.73 Å². The van der Waals surface area contributed by atoms with Crippen molar-refractivity contribution in [2.75, 3.05) is 33.0 Å². The van der Waals surface area contributed by atoms with Gasteiger partial charge in [-0.2, -0.15) is 0 Å². The summed E-state index contributed by atoms with van der Waals surface area (Å²) in [4.78, 5) is 13.0. The first-order valence-corrected chi connectivity index (χ1v) is 10.5. The Hall–Kier alpha value is -2.03. The summed E-state index contributed by atoms with van der Waals surface area (Å²) in [5.41, 5.74) is 5.87. The lowest BCUT2D eigenvalue weighted by Crippen LogP contribution is -2.47. The van der Waals surface area contributed by atoms with Crippen LogP contribution in [0.15, 0.2) is 41.2 Å². The molecule has 4 N–H and O–H groups in total. The third-order valence-corrected chi connectivity index (χ3v) is 6.08. The number of fused-ring (bicyclic) bond motifs is 2. The SMILES string of the molecule is CCOCCOc1ccc2c(=O)c3cc(CCC(N)(CO)CO)ccc3sc2c1.